The first kappa shape index (κ1) is 11.2. The molecule has 3 heteroatoms. The average Bonchev–Trinajstić information content (AvgIpc) is 2.10. The molecule has 1 rings (SSSR count). The van der Waals surface area contributed by atoms with Gasteiger partial charge in [-0.05, 0) is 6.92 Å². The number of carbonyl (C=O) groups is 1. The molecule has 1 aromatic rings. The molecule has 11 heavy (non-hydrogen) atoms. The van der Waals surface area contributed by atoms with E-state index in [0.717, 1.165) is 5.56 Å². The third-order valence-corrected chi connectivity index (χ3v) is 1.12. The number of halogens is 1. The summed E-state index contributed by atoms with van der Waals surface area (Å²) in [5.41, 5.74) is 0.744. The van der Waals surface area contributed by atoms with Gasteiger partial charge in [-0.2, -0.15) is 30.3 Å². The maximum atomic E-state index is 10.6. The molecule has 0 spiro atoms. The molecular weight excluding hydrogens is 304 g/mol. The van der Waals surface area contributed by atoms with Crippen LogP contribution >= 0.6 is 19.8 Å². The van der Waals surface area contributed by atoms with Gasteiger partial charge in [0.05, 0.1) is 0 Å². The Bertz CT molecular complexity index is 211. The fourth-order valence-corrected chi connectivity index (χ4v) is 0.622. The molecule has 0 saturated carbocycles. The van der Waals surface area contributed by atoms with Gasteiger partial charge in [0.1, 0.15) is 5.78 Å². The molecule has 0 atom stereocenters. The standard InChI is InChI=1S/C8H7O.HI.Zn/c1-7(9)8-5-3-2-4-6-8;;/h3-6H,1H3;1H;/q-1;;+2/p-1. The van der Waals surface area contributed by atoms with Gasteiger partial charge in [-0.3, -0.25) is 4.79 Å². The third-order valence-electron chi connectivity index (χ3n) is 1.12. The van der Waals surface area contributed by atoms with Crippen molar-refractivity contribution < 1.29 is 19.6 Å². The Kier molecular flexibility index (Phi) is 7.08. The molecule has 0 saturated heterocycles. The molecular formula is C8H7IOZn. The quantitative estimate of drug-likeness (QED) is 0.337. The van der Waals surface area contributed by atoms with Gasteiger partial charge in [0, 0.05) is 0 Å². The van der Waals surface area contributed by atoms with Crippen LogP contribution in [-0.4, -0.2) is 5.78 Å². The predicted octanol–water partition coefficient (Wildman–Crippen LogP) is 2.57. The molecule has 54 valence electrons. The number of ketones is 1. The molecule has 0 unspecified atom stereocenters. The van der Waals surface area contributed by atoms with Crippen molar-refractivity contribution in [2.75, 3.05) is 0 Å². The Hall–Kier alpha value is 0.243. The Labute approximate surface area is 87.4 Å². The molecule has 0 aromatic heterocycles. The number of hydrogen-bond donors (Lipinski definition) is 0. The molecule has 0 aliphatic heterocycles. The summed E-state index contributed by atoms with van der Waals surface area (Å²) in [5, 5.41) is 0. The van der Waals surface area contributed by atoms with Crippen molar-refractivity contribution >= 4 is 25.5 Å². The van der Waals surface area contributed by atoms with Gasteiger partial charge in [0.2, 0.25) is 0 Å². The van der Waals surface area contributed by atoms with E-state index in [1.807, 2.05) is 0 Å². The average molecular weight is 311 g/mol. The van der Waals surface area contributed by atoms with Crippen molar-refractivity contribution in [2.45, 2.75) is 6.92 Å². The molecule has 0 heterocycles. The Morgan fingerprint density at radius 2 is 1.91 bits per heavy atom. The molecule has 0 fully saturated rings. The summed E-state index contributed by atoms with van der Waals surface area (Å²) in [6.07, 6.45) is 0. The van der Waals surface area contributed by atoms with E-state index in [2.05, 4.69) is 25.8 Å². The summed E-state index contributed by atoms with van der Waals surface area (Å²) in [6, 6.07) is 9.81. The van der Waals surface area contributed by atoms with E-state index >= 15 is 0 Å². The van der Waals surface area contributed by atoms with Crippen LogP contribution in [-0.2, 0) is 14.8 Å². The predicted molar refractivity (Wildman–Crippen MR) is 49.3 cm³/mol. The second kappa shape index (κ2) is 6.92. The zero-order chi connectivity index (χ0) is 8.69. The number of Topliss-reactive ketones (excluding diaryl/α,β-unsaturated/α-hetero) is 1. The van der Waals surface area contributed by atoms with Gasteiger partial charge in [-0.25, -0.2) is 0 Å². The Balaban J connectivity index is 0.000000461. The summed E-state index contributed by atoms with van der Waals surface area (Å²) in [6.45, 7) is 1.55. The summed E-state index contributed by atoms with van der Waals surface area (Å²) < 4.78 is 0. The molecule has 1 aromatic carbocycles. The van der Waals surface area contributed by atoms with E-state index in [-0.39, 0.29) is 5.78 Å². The van der Waals surface area contributed by atoms with Crippen molar-refractivity contribution in [2.24, 2.45) is 0 Å². The summed E-state index contributed by atoms with van der Waals surface area (Å²) >= 11 is 3.62. The number of rotatable bonds is 1. The third kappa shape index (κ3) is 4.64. The van der Waals surface area contributed by atoms with Crippen LogP contribution in [0.1, 0.15) is 17.3 Å². The summed E-state index contributed by atoms with van der Waals surface area (Å²) in [4.78, 5) is 10.6. The topological polar surface area (TPSA) is 17.1 Å². The zero-order valence-electron chi connectivity index (χ0n) is 6.30. The SMILES string of the molecule is CC(=O)c1cc[c-]cc1.[Zn+][I]. The fraction of sp³-hybridized carbons (Fsp3) is 0.125. The van der Waals surface area contributed by atoms with Crippen LogP contribution in [0.25, 0.3) is 0 Å². The van der Waals surface area contributed by atoms with Crippen molar-refractivity contribution in [1.82, 2.24) is 0 Å². The van der Waals surface area contributed by atoms with Crippen LogP contribution < -0.4 is 0 Å². The van der Waals surface area contributed by atoms with Gasteiger partial charge in [0.25, 0.3) is 0 Å². The van der Waals surface area contributed by atoms with Gasteiger partial charge in [0.15, 0.2) is 0 Å². The van der Waals surface area contributed by atoms with Gasteiger partial charge >= 0.3 is 34.5 Å². The minimum atomic E-state index is 0.101. The van der Waals surface area contributed by atoms with E-state index in [0.29, 0.717) is 0 Å². The van der Waals surface area contributed by atoms with E-state index in [9.17, 15) is 4.79 Å². The van der Waals surface area contributed by atoms with E-state index in [1.165, 1.54) is 14.8 Å². The molecule has 0 aliphatic rings. The summed E-state index contributed by atoms with van der Waals surface area (Å²) in [7, 11) is 0. The molecule has 0 radical (unpaired) electrons. The van der Waals surface area contributed by atoms with Crippen molar-refractivity contribution in [3.8, 4) is 0 Å². The molecule has 1 nitrogen and oxygen atoms in total. The van der Waals surface area contributed by atoms with E-state index in [4.69, 9.17) is 0 Å². The van der Waals surface area contributed by atoms with Gasteiger partial charge in [-0.1, -0.05) is 5.56 Å². The second-order valence-corrected chi connectivity index (χ2v) is 1.84. The molecule has 0 aliphatic carbocycles. The normalized spacial score (nSPS) is 8.00. The van der Waals surface area contributed by atoms with Crippen LogP contribution in [0.5, 0.6) is 0 Å². The first-order valence-electron chi connectivity index (χ1n) is 3.04. The minimum absolute atomic E-state index is 0.101. The fourth-order valence-electron chi connectivity index (χ4n) is 0.622. The first-order valence-corrected chi connectivity index (χ1v) is 12.1. The number of carbonyl (C=O) groups excluding carboxylic acids is 1. The second-order valence-electron chi connectivity index (χ2n) is 1.84. The maximum absolute atomic E-state index is 10.6. The first-order chi connectivity index (χ1) is 5.30. The van der Waals surface area contributed by atoms with Gasteiger partial charge in [-0.15, -0.1) is 0 Å². The van der Waals surface area contributed by atoms with Crippen molar-refractivity contribution in [3.63, 3.8) is 0 Å². The van der Waals surface area contributed by atoms with Crippen LogP contribution in [0.15, 0.2) is 24.3 Å². The Morgan fingerprint density at radius 1 is 1.45 bits per heavy atom. The molecule has 0 amide bonds. The van der Waals surface area contributed by atoms with Crippen LogP contribution in [0.2, 0.25) is 0 Å². The molecule has 0 bridgehead atoms. The zero-order valence-corrected chi connectivity index (χ0v) is 11.4. The van der Waals surface area contributed by atoms with Crippen LogP contribution in [0.3, 0.4) is 0 Å². The van der Waals surface area contributed by atoms with Gasteiger partial charge < -0.3 is 0 Å². The summed E-state index contributed by atoms with van der Waals surface area (Å²) in [5.74, 6) is 0.101. The Morgan fingerprint density at radius 3 is 2.18 bits per heavy atom. The number of benzene rings is 1. The van der Waals surface area contributed by atoms with Crippen molar-refractivity contribution in [3.05, 3.63) is 35.9 Å². The number of hydrogen-bond acceptors (Lipinski definition) is 1. The van der Waals surface area contributed by atoms with Crippen LogP contribution in [0, 0.1) is 6.07 Å². The van der Waals surface area contributed by atoms with E-state index < -0.39 is 0 Å². The van der Waals surface area contributed by atoms with Crippen molar-refractivity contribution in [1.29, 1.82) is 0 Å². The van der Waals surface area contributed by atoms with Crippen LogP contribution in [0.4, 0.5) is 0 Å². The van der Waals surface area contributed by atoms with E-state index in [1.54, 1.807) is 31.2 Å². The monoisotopic (exact) mass is 310 g/mol. The molecule has 0 N–H and O–H groups in total.